The molecule has 0 aromatic heterocycles. The van der Waals surface area contributed by atoms with E-state index >= 15 is 0 Å². The van der Waals surface area contributed by atoms with Crippen molar-refractivity contribution in [2.75, 3.05) is 13.7 Å². The zero-order chi connectivity index (χ0) is 24.5. The van der Waals surface area contributed by atoms with Gasteiger partial charge in [0.2, 0.25) is 0 Å². The van der Waals surface area contributed by atoms with Gasteiger partial charge in [0.15, 0.2) is 11.5 Å². The maximum Gasteiger partial charge on any atom is 0.253 e. The van der Waals surface area contributed by atoms with E-state index < -0.39 is 6.17 Å². The Balaban J connectivity index is 1.92. The highest BCUT2D eigenvalue weighted by Gasteiger charge is 2.22. The molecule has 0 bridgehead atoms. The zero-order valence-corrected chi connectivity index (χ0v) is 20.2. The van der Waals surface area contributed by atoms with E-state index in [4.69, 9.17) is 9.47 Å². The molecule has 0 aliphatic heterocycles. The maximum absolute atomic E-state index is 13.1. The lowest BCUT2D eigenvalue weighted by Gasteiger charge is -2.23. The van der Waals surface area contributed by atoms with E-state index in [1.54, 1.807) is 31.4 Å². The van der Waals surface area contributed by atoms with Crippen LogP contribution in [0.15, 0.2) is 66.7 Å². The van der Waals surface area contributed by atoms with Crippen LogP contribution in [0, 0.1) is 13.8 Å². The van der Waals surface area contributed by atoms with Gasteiger partial charge in [0, 0.05) is 11.1 Å². The molecule has 3 aromatic carbocycles. The summed E-state index contributed by atoms with van der Waals surface area (Å²) in [6, 6.07) is 20.1. The van der Waals surface area contributed by atoms with Crippen LogP contribution >= 0.6 is 0 Å². The summed E-state index contributed by atoms with van der Waals surface area (Å²) in [6.45, 7) is 6.44. The predicted octanol–water partition coefficient (Wildman–Crippen LogP) is 5.35. The molecule has 0 saturated carbocycles. The molecule has 2 N–H and O–H groups in total. The number of rotatable bonds is 10. The van der Waals surface area contributed by atoms with Crippen LogP contribution < -0.4 is 20.1 Å². The molecule has 0 saturated heterocycles. The average Bonchev–Trinajstić information content (AvgIpc) is 2.84. The summed E-state index contributed by atoms with van der Waals surface area (Å²) < 4.78 is 11.4. The minimum Gasteiger partial charge on any atom is -0.493 e. The topological polar surface area (TPSA) is 76.7 Å². The van der Waals surface area contributed by atoms with E-state index in [2.05, 4.69) is 17.6 Å². The third-order valence-electron chi connectivity index (χ3n) is 5.61. The molecule has 3 aromatic rings. The van der Waals surface area contributed by atoms with Gasteiger partial charge in [0.05, 0.1) is 13.7 Å². The van der Waals surface area contributed by atoms with Gasteiger partial charge in [-0.3, -0.25) is 9.59 Å². The Labute approximate surface area is 201 Å². The van der Waals surface area contributed by atoms with E-state index in [-0.39, 0.29) is 11.8 Å². The number of nitrogens with one attached hydrogen (secondary N) is 2. The number of benzene rings is 3. The van der Waals surface area contributed by atoms with E-state index in [1.165, 1.54) is 0 Å². The summed E-state index contributed by atoms with van der Waals surface area (Å²) in [4.78, 5) is 26.2. The van der Waals surface area contributed by atoms with E-state index in [0.717, 1.165) is 24.0 Å². The SMILES string of the molecule is CCCCOc1ccc(C(NC(=O)c2ccccc2C)NC(=O)c2ccccc2C)cc1OC. The molecule has 6 heteroatoms. The molecule has 0 atom stereocenters. The highest BCUT2D eigenvalue weighted by atomic mass is 16.5. The zero-order valence-electron chi connectivity index (χ0n) is 20.2. The van der Waals surface area contributed by atoms with Gasteiger partial charge in [0.25, 0.3) is 11.8 Å². The fourth-order valence-corrected chi connectivity index (χ4v) is 3.59. The summed E-state index contributed by atoms with van der Waals surface area (Å²) in [5.74, 6) is 0.591. The van der Waals surface area contributed by atoms with Crippen LogP contribution in [0.5, 0.6) is 11.5 Å². The van der Waals surface area contributed by atoms with Crippen molar-refractivity contribution in [3.63, 3.8) is 0 Å². The highest BCUT2D eigenvalue weighted by molar-refractivity contribution is 5.98. The van der Waals surface area contributed by atoms with Gasteiger partial charge in [-0.15, -0.1) is 0 Å². The first-order chi connectivity index (χ1) is 16.4. The number of carbonyl (C=O) groups is 2. The molecular weight excluding hydrogens is 428 g/mol. The fourth-order valence-electron chi connectivity index (χ4n) is 3.59. The molecule has 0 unspecified atom stereocenters. The maximum atomic E-state index is 13.1. The first-order valence-corrected chi connectivity index (χ1v) is 11.5. The Bertz CT molecular complexity index is 1080. The van der Waals surface area contributed by atoms with Crippen molar-refractivity contribution in [3.8, 4) is 11.5 Å². The number of hydrogen-bond donors (Lipinski definition) is 2. The summed E-state index contributed by atoms with van der Waals surface area (Å²) in [7, 11) is 1.57. The Kier molecular flexibility index (Phi) is 8.68. The second kappa shape index (κ2) is 11.9. The molecule has 178 valence electrons. The van der Waals surface area contributed by atoms with Crippen LogP contribution in [0.3, 0.4) is 0 Å². The summed E-state index contributed by atoms with van der Waals surface area (Å²) >= 11 is 0. The van der Waals surface area contributed by atoms with Gasteiger partial charge >= 0.3 is 0 Å². The van der Waals surface area contributed by atoms with E-state index in [9.17, 15) is 9.59 Å². The van der Waals surface area contributed by atoms with Gasteiger partial charge in [-0.05, 0) is 61.2 Å². The number of carbonyl (C=O) groups excluding carboxylic acids is 2. The molecular formula is C28H32N2O4. The highest BCUT2D eigenvalue weighted by Crippen LogP contribution is 2.30. The summed E-state index contributed by atoms with van der Waals surface area (Å²) in [5, 5.41) is 5.93. The van der Waals surface area contributed by atoms with Gasteiger partial charge in [0.1, 0.15) is 6.17 Å². The number of methoxy groups -OCH3 is 1. The lowest BCUT2D eigenvalue weighted by molar-refractivity contribution is 0.0882. The second-order valence-electron chi connectivity index (χ2n) is 8.12. The van der Waals surface area contributed by atoms with Crippen molar-refractivity contribution in [3.05, 3.63) is 94.5 Å². The Morgan fingerprint density at radius 1 is 0.824 bits per heavy atom. The molecule has 0 heterocycles. The summed E-state index contributed by atoms with van der Waals surface area (Å²) in [5.41, 5.74) is 3.46. The van der Waals surface area contributed by atoms with Crippen LogP contribution in [0.4, 0.5) is 0 Å². The molecule has 3 rings (SSSR count). The third-order valence-corrected chi connectivity index (χ3v) is 5.61. The minimum absolute atomic E-state index is 0.282. The van der Waals surface area contributed by atoms with Crippen LogP contribution in [-0.4, -0.2) is 25.5 Å². The minimum atomic E-state index is -0.780. The van der Waals surface area contributed by atoms with Crippen LogP contribution in [0.2, 0.25) is 0 Å². The fraction of sp³-hybridized carbons (Fsp3) is 0.286. The Hall–Kier alpha value is -3.80. The molecule has 0 aliphatic carbocycles. The van der Waals surface area contributed by atoms with Crippen molar-refractivity contribution >= 4 is 11.8 Å². The van der Waals surface area contributed by atoms with Crippen molar-refractivity contribution < 1.29 is 19.1 Å². The Morgan fingerprint density at radius 3 is 1.88 bits per heavy atom. The monoisotopic (exact) mass is 460 g/mol. The van der Waals surface area contributed by atoms with Gasteiger partial charge in [-0.2, -0.15) is 0 Å². The standard InChI is InChI=1S/C28H32N2O4/c1-5-6-17-34-24-16-15-21(18-25(24)33-4)26(29-27(31)22-13-9-7-11-19(22)2)30-28(32)23-14-10-8-12-20(23)3/h7-16,18,26H,5-6,17H2,1-4H3,(H,29,31)(H,30,32). The lowest BCUT2D eigenvalue weighted by Crippen LogP contribution is -2.41. The van der Waals surface area contributed by atoms with Gasteiger partial charge in [-0.25, -0.2) is 0 Å². The molecule has 0 aliphatic rings. The molecule has 6 nitrogen and oxygen atoms in total. The van der Waals surface area contributed by atoms with E-state index in [0.29, 0.717) is 34.8 Å². The first kappa shape index (κ1) is 24.8. The largest absolute Gasteiger partial charge is 0.493 e. The van der Waals surface area contributed by atoms with E-state index in [1.807, 2.05) is 56.3 Å². The number of unbranched alkanes of at least 4 members (excludes halogenated alkanes) is 1. The van der Waals surface area contributed by atoms with Crippen LogP contribution in [0.25, 0.3) is 0 Å². The summed E-state index contributed by atoms with van der Waals surface area (Å²) in [6.07, 6.45) is 1.18. The number of aryl methyl sites for hydroxylation is 2. The quantitative estimate of drug-likeness (QED) is 0.316. The van der Waals surface area contributed by atoms with Crippen molar-refractivity contribution in [2.45, 2.75) is 39.8 Å². The normalized spacial score (nSPS) is 10.6. The number of amides is 2. The molecule has 34 heavy (non-hydrogen) atoms. The second-order valence-corrected chi connectivity index (χ2v) is 8.12. The number of ether oxygens (including phenoxy) is 2. The van der Waals surface area contributed by atoms with Crippen LogP contribution in [-0.2, 0) is 0 Å². The lowest BCUT2D eigenvalue weighted by atomic mass is 10.1. The molecule has 2 amide bonds. The Morgan fingerprint density at radius 2 is 1.38 bits per heavy atom. The molecule has 0 spiro atoms. The third kappa shape index (κ3) is 6.16. The van der Waals surface area contributed by atoms with Crippen molar-refractivity contribution in [1.82, 2.24) is 10.6 Å². The molecule has 0 fully saturated rings. The smallest absolute Gasteiger partial charge is 0.253 e. The number of hydrogen-bond acceptors (Lipinski definition) is 4. The van der Waals surface area contributed by atoms with Gasteiger partial charge in [-0.1, -0.05) is 55.8 Å². The van der Waals surface area contributed by atoms with Crippen molar-refractivity contribution in [1.29, 1.82) is 0 Å². The molecule has 0 radical (unpaired) electrons. The predicted molar refractivity (Wildman–Crippen MR) is 133 cm³/mol. The first-order valence-electron chi connectivity index (χ1n) is 11.5. The van der Waals surface area contributed by atoms with Crippen LogP contribution in [0.1, 0.15) is 63.3 Å². The van der Waals surface area contributed by atoms with Crippen molar-refractivity contribution in [2.24, 2.45) is 0 Å². The van der Waals surface area contributed by atoms with Gasteiger partial charge < -0.3 is 20.1 Å². The average molecular weight is 461 g/mol.